The molecule has 0 saturated carbocycles. The van der Waals surface area contributed by atoms with Crippen LogP contribution in [0.5, 0.6) is 5.75 Å². The normalized spacial score (nSPS) is 15.4. The van der Waals surface area contributed by atoms with E-state index < -0.39 is 6.10 Å². The van der Waals surface area contributed by atoms with Crippen LogP contribution in [0.2, 0.25) is 0 Å². The summed E-state index contributed by atoms with van der Waals surface area (Å²) in [5.74, 6) is 0.814. The molecule has 1 aliphatic rings. The average molecular weight is 283 g/mol. The van der Waals surface area contributed by atoms with Gasteiger partial charge in [-0.3, -0.25) is 0 Å². The van der Waals surface area contributed by atoms with Gasteiger partial charge in [0.1, 0.15) is 5.75 Å². The molecule has 0 radical (unpaired) electrons. The predicted octanol–water partition coefficient (Wildman–Crippen LogP) is 3.18. The van der Waals surface area contributed by atoms with Gasteiger partial charge in [-0.05, 0) is 42.2 Å². The number of fused-ring (bicyclic) bond motifs is 1. The van der Waals surface area contributed by atoms with Crippen LogP contribution in [0.3, 0.4) is 0 Å². The molecule has 1 atom stereocenters. The molecule has 21 heavy (non-hydrogen) atoms. The summed E-state index contributed by atoms with van der Waals surface area (Å²) in [6, 6.07) is 16.1. The van der Waals surface area contributed by atoms with Gasteiger partial charge in [-0.2, -0.15) is 0 Å². The lowest BCUT2D eigenvalue weighted by molar-refractivity contribution is 0.182. The SMILES string of the molecule is COc1ccc(C(O)CN2CCCc3ccccc32)cc1. The topological polar surface area (TPSA) is 32.7 Å². The number of hydrogen-bond donors (Lipinski definition) is 1. The lowest BCUT2D eigenvalue weighted by atomic mass is 10.0. The number of para-hydroxylation sites is 1. The molecular weight excluding hydrogens is 262 g/mol. The van der Waals surface area contributed by atoms with Crippen molar-refractivity contribution in [2.24, 2.45) is 0 Å². The molecule has 1 heterocycles. The zero-order valence-corrected chi connectivity index (χ0v) is 12.3. The van der Waals surface area contributed by atoms with Crippen molar-refractivity contribution in [1.29, 1.82) is 0 Å². The maximum absolute atomic E-state index is 10.5. The van der Waals surface area contributed by atoms with Gasteiger partial charge >= 0.3 is 0 Å². The maximum Gasteiger partial charge on any atom is 0.118 e. The number of hydrogen-bond acceptors (Lipinski definition) is 3. The molecule has 0 saturated heterocycles. The Morgan fingerprint density at radius 1 is 1.14 bits per heavy atom. The predicted molar refractivity (Wildman–Crippen MR) is 84.9 cm³/mol. The molecule has 0 fully saturated rings. The van der Waals surface area contributed by atoms with E-state index in [0.29, 0.717) is 6.54 Å². The van der Waals surface area contributed by atoms with Crippen molar-refractivity contribution in [3.05, 3.63) is 59.7 Å². The van der Waals surface area contributed by atoms with Crippen LogP contribution in [0.4, 0.5) is 5.69 Å². The highest BCUT2D eigenvalue weighted by molar-refractivity contribution is 5.55. The Morgan fingerprint density at radius 2 is 1.90 bits per heavy atom. The number of aliphatic hydroxyl groups is 1. The molecule has 0 aliphatic carbocycles. The maximum atomic E-state index is 10.5. The molecule has 2 aromatic rings. The van der Waals surface area contributed by atoms with E-state index in [1.165, 1.54) is 11.3 Å². The van der Waals surface area contributed by atoms with Crippen LogP contribution in [0.25, 0.3) is 0 Å². The van der Waals surface area contributed by atoms with Crippen LogP contribution in [-0.2, 0) is 6.42 Å². The quantitative estimate of drug-likeness (QED) is 0.935. The molecule has 110 valence electrons. The fraction of sp³-hybridized carbons (Fsp3) is 0.333. The van der Waals surface area contributed by atoms with Crippen molar-refractivity contribution in [3.8, 4) is 5.75 Å². The molecule has 1 unspecified atom stereocenters. The standard InChI is InChI=1S/C18H21NO2/c1-21-16-10-8-15(9-11-16)18(20)13-19-12-4-6-14-5-2-3-7-17(14)19/h2-3,5,7-11,18,20H,4,6,12-13H2,1H3. The number of aryl methyl sites for hydroxylation is 1. The Balaban J connectivity index is 1.74. The van der Waals surface area contributed by atoms with Gasteiger partial charge in [-0.25, -0.2) is 0 Å². The summed E-state index contributed by atoms with van der Waals surface area (Å²) >= 11 is 0. The second-order valence-corrected chi connectivity index (χ2v) is 5.47. The summed E-state index contributed by atoms with van der Waals surface area (Å²) in [7, 11) is 1.65. The third-order valence-electron chi connectivity index (χ3n) is 4.10. The second-order valence-electron chi connectivity index (χ2n) is 5.47. The van der Waals surface area contributed by atoms with Gasteiger partial charge in [0.25, 0.3) is 0 Å². The molecule has 2 aromatic carbocycles. The number of rotatable bonds is 4. The van der Waals surface area contributed by atoms with Crippen molar-refractivity contribution in [2.75, 3.05) is 25.1 Å². The summed E-state index contributed by atoms with van der Waals surface area (Å²) in [4.78, 5) is 2.29. The summed E-state index contributed by atoms with van der Waals surface area (Å²) in [6.07, 6.45) is 1.79. The highest BCUT2D eigenvalue weighted by Gasteiger charge is 2.19. The fourth-order valence-corrected chi connectivity index (χ4v) is 2.94. The Bertz CT molecular complexity index is 594. The highest BCUT2D eigenvalue weighted by atomic mass is 16.5. The molecule has 0 aromatic heterocycles. The van der Waals surface area contributed by atoms with Crippen LogP contribution in [0, 0.1) is 0 Å². The van der Waals surface area contributed by atoms with Crippen molar-refractivity contribution in [2.45, 2.75) is 18.9 Å². The number of aliphatic hydroxyl groups excluding tert-OH is 1. The molecule has 1 N–H and O–H groups in total. The molecule has 0 spiro atoms. The van der Waals surface area contributed by atoms with E-state index in [1.54, 1.807) is 7.11 Å². The van der Waals surface area contributed by atoms with E-state index >= 15 is 0 Å². The lowest BCUT2D eigenvalue weighted by Gasteiger charge is -2.33. The number of β-amino-alcohol motifs (C(OH)–C–C–N with tert-alkyl or cyclic N) is 1. The zero-order valence-electron chi connectivity index (χ0n) is 12.3. The van der Waals surface area contributed by atoms with Gasteiger partial charge in [0.15, 0.2) is 0 Å². The second kappa shape index (κ2) is 6.19. The Morgan fingerprint density at radius 3 is 2.67 bits per heavy atom. The largest absolute Gasteiger partial charge is 0.497 e. The molecule has 0 bridgehead atoms. The summed E-state index contributed by atoms with van der Waals surface area (Å²) in [5, 5.41) is 10.5. The molecule has 0 amide bonds. The van der Waals surface area contributed by atoms with Gasteiger partial charge in [-0.15, -0.1) is 0 Å². The Hall–Kier alpha value is -2.00. The third kappa shape index (κ3) is 3.03. The number of methoxy groups -OCH3 is 1. The van der Waals surface area contributed by atoms with E-state index in [2.05, 4.69) is 29.2 Å². The van der Waals surface area contributed by atoms with Crippen LogP contribution in [-0.4, -0.2) is 25.3 Å². The van der Waals surface area contributed by atoms with Crippen molar-refractivity contribution in [3.63, 3.8) is 0 Å². The van der Waals surface area contributed by atoms with E-state index in [4.69, 9.17) is 4.74 Å². The summed E-state index contributed by atoms with van der Waals surface area (Å²) < 4.78 is 5.15. The van der Waals surface area contributed by atoms with E-state index in [-0.39, 0.29) is 0 Å². The first-order chi connectivity index (χ1) is 10.3. The first-order valence-electron chi connectivity index (χ1n) is 7.43. The fourth-order valence-electron chi connectivity index (χ4n) is 2.94. The van der Waals surface area contributed by atoms with E-state index in [0.717, 1.165) is 30.7 Å². The van der Waals surface area contributed by atoms with Gasteiger partial charge in [0.05, 0.1) is 13.2 Å². The minimum absolute atomic E-state index is 0.484. The van der Waals surface area contributed by atoms with Gasteiger partial charge in [-0.1, -0.05) is 30.3 Å². The zero-order chi connectivity index (χ0) is 14.7. The number of anilines is 1. The van der Waals surface area contributed by atoms with Gasteiger partial charge in [0, 0.05) is 18.8 Å². The molecule has 1 aliphatic heterocycles. The molecular formula is C18H21NO2. The Labute approximate surface area is 125 Å². The van der Waals surface area contributed by atoms with E-state index in [9.17, 15) is 5.11 Å². The summed E-state index contributed by atoms with van der Waals surface area (Å²) in [6.45, 7) is 1.63. The number of benzene rings is 2. The number of ether oxygens (including phenoxy) is 1. The Kier molecular flexibility index (Phi) is 4.11. The van der Waals surface area contributed by atoms with Crippen molar-refractivity contribution >= 4 is 5.69 Å². The van der Waals surface area contributed by atoms with Crippen LogP contribution < -0.4 is 9.64 Å². The van der Waals surface area contributed by atoms with Crippen LogP contribution in [0.1, 0.15) is 23.7 Å². The van der Waals surface area contributed by atoms with E-state index in [1.807, 2.05) is 24.3 Å². The average Bonchev–Trinajstić information content (AvgIpc) is 2.55. The summed E-state index contributed by atoms with van der Waals surface area (Å²) in [5.41, 5.74) is 3.57. The first-order valence-corrected chi connectivity index (χ1v) is 7.43. The molecule has 3 nitrogen and oxygen atoms in total. The number of nitrogens with zero attached hydrogens (tertiary/aromatic N) is 1. The van der Waals surface area contributed by atoms with Crippen LogP contribution >= 0.6 is 0 Å². The monoisotopic (exact) mass is 283 g/mol. The molecule has 3 rings (SSSR count). The minimum Gasteiger partial charge on any atom is -0.497 e. The third-order valence-corrected chi connectivity index (χ3v) is 4.10. The minimum atomic E-state index is -0.484. The van der Waals surface area contributed by atoms with Gasteiger partial charge in [0.2, 0.25) is 0 Å². The van der Waals surface area contributed by atoms with Crippen LogP contribution in [0.15, 0.2) is 48.5 Å². The van der Waals surface area contributed by atoms with Gasteiger partial charge < -0.3 is 14.7 Å². The first kappa shape index (κ1) is 14.0. The highest BCUT2D eigenvalue weighted by Crippen LogP contribution is 2.28. The van der Waals surface area contributed by atoms with Crippen molar-refractivity contribution in [1.82, 2.24) is 0 Å². The molecule has 3 heteroatoms. The smallest absolute Gasteiger partial charge is 0.118 e. The lowest BCUT2D eigenvalue weighted by Crippen LogP contribution is -2.33. The van der Waals surface area contributed by atoms with Crippen molar-refractivity contribution < 1.29 is 9.84 Å².